The molecule has 0 fully saturated rings. The van der Waals surface area contributed by atoms with Crippen molar-refractivity contribution >= 4 is 23.3 Å². The van der Waals surface area contributed by atoms with Crippen LogP contribution in [0.1, 0.15) is 10.4 Å². The fourth-order valence-electron chi connectivity index (χ4n) is 0.977. The Bertz CT molecular complexity index is 384. The van der Waals surface area contributed by atoms with Crippen LogP contribution >= 0.6 is 11.6 Å². The van der Waals surface area contributed by atoms with Crippen LogP contribution in [0, 0.1) is 0 Å². The van der Waals surface area contributed by atoms with Crippen LogP contribution < -0.4 is 5.32 Å². The number of benzene rings is 1. The van der Waals surface area contributed by atoms with Crippen molar-refractivity contribution in [2.24, 2.45) is 0 Å². The topological polar surface area (TPSA) is 46.2 Å². The Labute approximate surface area is 92.7 Å². The van der Waals surface area contributed by atoms with E-state index in [9.17, 15) is 9.59 Å². The van der Waals surface area contributed by atoms with Crippen molar-refractivity contribution in [3.63, 3.8) is 0 Å². The fourth-order valence-corrected chi connectivity index (χ4v) is 1.10. The maximum absolute atomic E-state index is 11.5. The normalized spacial score (nSPS) is 9.40. The van der Waals surface area contributed by atoms with Gasteiger partial charge in [0.25, 0.3) is 0 Å². The van der Waals surface area contributed by atoms with E-state index in [0.717, 1.165) is 6.08 Å². The van der Waals surface area contributed by atoms with E-state index in [1.54, 1.807) is 24.3 Å². The summed E-state index contributed by atoms with van der Waals surface area (Å²) in [6.45, 7) is 3.25. The quantitative estimate of drug-likeness (QED) is 0.625. The Hall–Kier alpha value is -1.61. The molecule has 0 aliphatic heterocycles. The Morgan fingerprint density at radius 2 is 1.93 bits per heavy atom. The molecular formula is C11H10ClNO2. The second kappa shape index (κ2) is 5.32. The predicted octanol–water partition coefficient (Wildman–Crippen LogP) is 1.82. The molecule has 1 N–H and O–H groups in total. The van der Waals surface area contributed by atoms with Crippen molar-refractivity contribution in [1.82, 2.24) is 5.32 Å². The molecule has 0 spiro atoms. The molecule has 0 atom stereocenters. The summed E-state index contributed by atoms with van der Waals surface area (Å²) < 4.78 is 0. The summed E-state index contributed by atoms with van der Waals surface area (Å²) in [5.74, 6) is -0.529. The second-order valence-corrected chi connectivity index (χ2v) is 3.29. The van der Waals surface area contributed by atoms with Gasteiger partial charge >= 0.3 is 0 Å². The van der Waals surface area contributed by atoms with Crippen molar-refractivity contribution in [3.8, 4) is 0 Å². The van der Waals surface area contributed by atoms with E-state index in [1.165, 1.54) is 0 Å². The van der Waals surface area contributed by atoms with Crippen LogP contribution in [0.2, 0.25) is 5.02 Å². The molecule has 1 amide bonds. The lowest BCUT2D eigenvalue weighted by molar-refractivity contribution is -0.116. The van der Waals surface area contributed by atoms with E-state index in [1.807, 2.05) is 0 Å². The van der Waals surface area contributed by atoms with Crippen LogP contribution in [0.15, 0.2) is 36.9 Å². The molecule has 0 aliphatic rings. The van der Waals surface area contributed by atoms with E-state index in [2.05, 4.69) is 11.9 Å². The zero-order valence-corrected chi connectivity index (χ0v) is 8.75. The highest BCUT2D eigenvalue weighted by molar-refractivity contribution is 6.30. The first kappa shape index (κ1) is 11.5. The zero-order chi connectivity index (χ0) is 11.3. The fraction of sp³-hybridized carbons (Fsp3) is 0.0909. The van der Waals surface area contributed by atoms with Gasteiger partial charge in [-0.3, -0.25) is 9.59 Å². The number of carbonyl (C=O) groups is 2. The summed E-state index contributed by atoms with van der Waals surface area (Å²) in [4.78, 5) is 22.3. The largest absolute Gasteiger partial charge is 0.345 e. The van der Waals surface area contributed by atoms with Gasteiger partial charge in [-0.1, -0.05) is 18.2 Å². The van der Waals surface area contributed by atoms with Gasteiger partial charge in [-0.25, -0.2) is 0 Å². The van der Waals surface area contributed by atoms with E-state index in [-0.39, 0.29) is 18.2 Å². The van der Waals surface area contributed by atoms with E-state index in [4.69, 9.17) is 11.6 Å². The van der Waals surface area contributed by atoms with Crippen LogP contribution in [0.5, 0.6) is 0 Å². The minimum Gasteiger partial charge on any atom is -0.345 e. The Morgan fingerprint density at radius 3 is 2.47 bits per heavy atom. The van der Waals surface area contributed by atoms with Gasteiger partial charge in [-0.05, 0) is 30.3 Å². The van der Waals surface area contributed by atoms with Crippen molar-refractivity contribution < 1.29 is 9.59 Å². The summed E-state index contributed by atoms with van der Waals surface area (Å²) in [5.41, 5.74) is 0.517. The third kappa shape index (κ3) is 3.56. The van der Waals surface area contributed by atoms with Gasteiger partial charge in [-0.15, -0.1) is 0 Å². The Morgan fingerprint density at radius 1 is 1.33 bits per heavy atom. The number of hydrogen-bond acceptors (Lipinski definition) is 2. The van der Waals surface area contributed by atoms with Crippen molar-refractivity contribution in [1.29, 1.82) is 0 Å². The molecule has 0 radical (unpaired) electrons. The molecule has 0 aromatic heterocycles. The summed E-state index contributed by atoms with van der Waals surface area (Å²) in [5, 5.41) is 2.98. The number of hydrogen-bond donors (Lipinski definition) is 1. The van der Waals surface area contributed by atoms with Gasteiger partial charge in [-0.2, -0.15) is 0 Å². The van der Waals surface area contributed by atoms with Gasteiger partial charge in [0, 0.05) is 10.6 Å². The number of amides is 1. The average Bonchev–Trinajstić information content (AvgIpc) is 2.26. The molecule has 1 aromatic rings. The lowest BCUT2D eigenvalue weighted by atomic mass is 10.1. The minimum absolute atomic E-state index is 0.0352. The van der Waals surface area contributed by atoms with E-state index >= 15 is 0 Å². The average molecular weight is 224 g/mol. The highest BCUT2D eigenvalue weighted by Gasteiger charge is 2.05. The van der Waals surface area contributed by atoms with Gasteiger partial charge in [0.15, 0.2) is 5.78 Å². The molecule has 0 aliphatic carbocycles. The Balaban J connectivity index is 2.57. The first-order valence-corrected chi connectivity index (χ1v) is 4.70. The van der Waals surface area contributed by atoms with Crippen LogP contribution in [0.25, 0.3) is 0 Å². The number of ketones is 1. The molecular weight excluding hydrogens is 214 g/mol. The highest BCUT2D eigenvalue weighted by Crippen LogP contribution is 2.09. The summed E-state index contributed by atoms with van der Waals surface area (Å²) >= 11 is 5.67. The van der Waals surface area contributed by atoms with Gasteiger partial charge in [0.05, 0.1) is 6.54 Å². The second-order valence-electron chi connectivity index (χ2n) is 2.85. The maximum atomic E-state index is 11.5. The monoisotopic (exact) mass is 223 g/mol. The first-order valence-electron chi connectivity index (χ1n) is 4.32. The molecule has 0 saturated heterocycles. The zero-order valence-electron chi connectivity index (χ0n) is 8.00. The molecule has 1 rings (SSSR count). The van der Waals surface area contributed by atoms with Gasteiger partial charge < -0.3 is 5.32 Å². The number of rotatable bonds is 4. The number of nitrogens with one attached hydrogen (secondary N) is 1. The van der Waals surface area contributed by atoms with Crippen molar-refractivity contribution in [2.75, 3.05) is 6.54 Å². The lowest BCUT2D eigenvalue weighted by Crippen LogP contribution is -2.27. The molecule has 0 saturated carbocycles. The molecule has 1 aromatic carbocycles. The van der Waals surface area contributed by atoms with Crippen LogP contribution in [-0.4, -0.2) is 18.2 Å². The molecule has 3 nitrogen and oxygen atoms in total. The van der Waals surface area contributed by atoms with E-state index < -0.39 is 0 Å². The van der Waals surface area contributed by atoms with Crippen LogP contribution in [-0.2, 0) is 4.79 Å². The van der Waals surface area contributed by atoms with Crippen LogP contribution in [0.3, 0.4) is 0 Å². The standard InChI is InChI=1S/C11H10ClNO2/c1-2-11(15)13-7-10(14)8-3-5-9(12)6-4-8/h2-6H,1,7H2,(H,13,15). The molecule has 4 heteroatoms. The minimum atomic E-state index is -0.364. The maximum Gasteiger partial charge on any atom is 0.243 e. The smallest absolute Gasteiger partial charge is 0.243 e. The number of carbonyl (C=O) groups excluding carboxylic acids is 2. The summed E-state index contributed by atoms with van der Waals surface area (Å²) in [7, 11) is 0. The molecule has 78 valence electrons. The third-order valence-electron chi connectivity index (χ3n) is 1.77. The summed E-state index contributed by atoms with van der Waals surface area (Å²) in [6.07, 6.45) is 1.12. The number of Topliss-reactive ketones (excluding diaryl/α,β-unsaturated/α-hetero) is 1. The van der Waals surface area contributed by atoms with Crippen molar-refractivity contribution in [2.45, 2.75) is 0 Å². The molecule has 0 unspecified atom stereocenters. The lowest BCUT2D eigenvalue weighted by Gasteiger charge is -2.01. The van der Waals surface area contributed by atoms with Gasteiger partial charge in [0.1, 0.15) is 0 Å². The number of halogens is 1. The first-order chi connectivity index (χ1) is 7.13. The highest BCUT2D eigenvalue weighted by atomic mass is 35.5. The summed E-state index contributed by atoms with van der Waals surface area (Å²) in [6, 6.07) is 6.49. The van der Waals surface area contributed by atoms with Crippen LogP contribution in [0.4, 0.5) is 0 Å². The Kier molecular flexibility index (Phi) is 4.06. The third-order valence-corrected chi connectivity index (χ3v) is 2.03. The molecule has 0 bridgehead atoms. The predicted molar refractivity (Wildman–Crippen MR) is 59.0 cm³/mol. The molecule has 0 heterocycles. The SMILES string of the molecule is C=CC(=O)NCC(=O)c1ccc(Cl)cc1. The van der Waals surface area contributed by atoms with E-state index in [0.29, 0.717) is 10.6 Å². The van der Waals surface area contributed by atoms with Crippen molar-refractivity contribution in [3.05, 3.63) is 47.5 Å². The van der Waals surface area contributed by atoms with Gasteiger partial charge in [0.2, 0.25) is 5.91 Å². The molecule has 15 heavy (non-hydrogen) atoms.